The van der Waals surface area contributed by atoms with Gasteiger partial charge in [0, 0.05) is 12.3 Å². The third-order valence-corrected chi connectivity index (χ3v) is 2.77. The van der Waals surface area contributed by atoms with Crippen molar-refractivity contribution in [1.82, 2.24) is 15.1 Å². The van der Waals surface area contributed by atoms with Crippen molar-refractivity contribution in [1.29, 1.82) is 0 Å². The molecule has 1 aromatic carbocycles. The van der Waals surface area contributed by atoms with Gasteiger partial charge < -0.3 is 14.0 Å². The second-order valence-corrected chi connectivity index (χ2v) is 4.19. The van der Waals surface area contributed by atoms with Crippen LogP contribution in [0.25, 0.3) is 11.5 Å². The molecule has 0 aliphatic carbocycles. The maximum atomic E-state index is 5.59. The van der Waals surface area contributed by atoms with Crippen LogP contribution in [0.1, 0.15) is 5.89 Å². The average Bonchev–Trinajstić information content (AvgIpc) is 3.03. The Labute approximate surface area is 121 Å². The number of pyridine rings is 1. The van der Waals surface area contributed by atoms with Gasteiger partial charge in [-0.25, -0.2) is 0 Å². The Morgan fingerprint density at radius 3 is 2.81 bits per heavy atom. The first-order chi connectivity index (χ1) is 10.3. The highest BCUT2D eigenvalue weighted by Gasteiger charge is 2.09. The first kappa shape index (κ1) is 13.1. The minimum Gasteiger partial charge on any atom is -0.497 e. The molecule has 0 atom stereocenters. The number of aromatic nitrogens is 3. The molecule has 0 amide bonds. The molecule has 106 valence electrons. The number of ether oxygens (including phenoxy) is 2. The molecule has 0 aliphatic heterocycles. The molecule has 6 heteroatoms. The Kier molecular flexibility index (Phi) is 3.77. The zero-order valence-corrected chi connectivity index (χ0v) is 11.4. The van der Waals surface area contributed by atoms with E-state index in [2.05, 4.69) is 15.1 Å². The van der Waals surface area contributed by atoms with Crippen LogP contribution >= 0.6 is 0 Å². The van der Waals surface area contributed by atoms with Crippen molar-refractivity contribution in [2.24, 2.45) is 0 Å². The van der Waals surface area contributed by atoms with Gasteiger partial charge in [-0.05, 0) is 24.3 Å². The summed E-state index contributed by atoms with van der Waals surface area (Å²) >= 11 is 0. The largest absolute Gasteiger partial charge is 0.497 e. The van der Waals surface area contributed by atoms with Gasteiger partial charge in [-0.1, -0.05) is 17.3 Å². The fourth-order valence-corrected chi connectivity index (χ4v) is 1.75. The van der Waals surface area contributed by atoms with Crippen molar-refractivity contribution in [3.05, 3.63) is 54.6 Å². The van der Waals surface area contributed by atoms with Crippen LogP contribution in [0.5, 0.6) is 11.5 Å². The average molecular weight is 283 g/mol. The van der Waals surface area contributed by atoms with E-state index in [9.17, 15) is 0 Å². The number of methoxy groups -OCH3 is 1. The van der Waals surface area contributed by atoms with E-state index in [1.165, 1.54) is 0 Å². The van der Waals surface area contributed by atoms with E-state index in [1.54, 1.807) is 19.4 Å². The third-order valence-electron chi connectivity index (χ3n) is 2.77. The quantitative estimate of drug-likeness (QED) is 0.717. The summed E-state index contributed by atoms with van der Waals surface area (Å²) in [7, 11) is 1.61. The van der Waals surface area contributed by atoms with Crippen LogP contribution in [0.3, 0.4) is 0 Å². The molecule has 0 fully saturated rings. The van der Waals surface area contributed by atoms with Crippen LogP contribution in [-0.2, 0) is 6.61 Å². The topological polar surface area (TPSA) is 70.3 Å². The van der Waals surface area contributed by atoms with E-state index in [0.717, 1.165) is 5.75 Å². The van der Waals surface area contributed by atoms with Gasteiger partial charge in [-0.15, -0.1) is 0 Å². The Balaban J connectivity index is 1.67. The highest BCUT2D eigenvalue weighted by atomic mass is 16.5. The zero-order chi connectivity index (χ0) is 14.5. The summed E-state index contributed by atoms with van der Waals surface area (Å²) in [6.45, 7) is 0.188. The molecule has 0 saturated carbocycles. The molecule has 6 nitrogen and oxygen atoms in total. The van der Waals surface area contributed by atoms with Crippen molar-refractivity contribution < 1.29 is 14.0 Å². The van der Waals surface area contributed by atoms with Crippen molar-refractivity contribution in [3.8, 4) is 23.0 Å². The monoisotopic (exact) mass is 283 g/mol. The summed E-state index contributed by atoms with van der Waals surface area (Å²) in [5.74, 6) is 2.23. The van der Waals surface area contributed by atoms with Crippen LogP contribution < -0.4 is 9.47 Å². The summed E-state index contributed by atoms with van der Waals surface area (Å²) in [6, 6.07) is 12.8. The Morgan fingerprint density at radius 1 is 1.10 bits per heavy atom. The van der Waals surface area contributed by atoms with E-state index in [4.69, 9.17) is 14.0 Å². The van der Waals surface area contributed by atoms with Crippen molar-refractivity contribution in [3.63, 3.8) is 0 Å². The first-order valence-corrected chi connectivity index (χ1v) is 6.36. The Morgan fingerprint density at radius 2 is 2.00 bits per heavy atom. The van der Waals surface area contributed by atoms with E-state index in [0.29, 0.717) is 23.2 Å². The third kappa shape index (κ3) is 3.17. The molecule has 3 rings (SSSR count). The number of hydrogen-bond acceptors (Lipinski definition) is 6. The first-order valence-electron chi connectivity index (χ1n) is 6.36. The SMILES string of the molecule is COc1cccc(OCc2nc(-c3ccccn3)no2)c1. The molecular formula is C15H13N3O3. The second kappa shape index (κ2) is 6.04. The van der Waals surface area contributed by atoms with Crippen molar-refractivity contribution in [2.75, 3.05) is 7.11 Å². The van der Waals surface area contributed by atoms with Gasteiger partial charge in [-0.2, -0.15) is 4.98 Å². The summed E-state index contributed by atoms with van der Waals surface area (Å²) in [5.41, 5.74) is 0.661. The van der Waals surface area contributed by atoms with Crippen LogP contribution in [-0.4, -0.2) is 22.2 Å². The summed E-state index contributed by atoms with van der Waals surface area (Å²) < 4.78 is 15.9. The van der Waals surface area contributed by atoms with Gasteiger partial charge in [0.05, 0.1) is 7.11 Å². The molecule has 2 heterocycles. The van der Waals surface area contributed by atoms with Gasteiger partial charge in [0.25, 0.3) is 5.89 Å². The summed E-state index contributed by atoms with van der Waals surface area (Å²) in [5, 5.41) is 3.88. The van der Waals surface area contributed by atoms with Gasteiger partial charge in [0.2, 0.25) is 5.82 Å². The number of hydrogen-bond donors (Lipinski definition) is 0. The predicted molar refractivity (Wildman–Crippen MR) is 74.9 cm³/mol. The van der Waals surface area contributed by atoms with E-state index < -0.39 is 0 Å². The zero-order valence-electron chi connectivity index (χ0n) is 11.4. The standard InChI is InChI=1S/C15H13N3O3/c1-19-11-5-4-6-12(9-11)20-10-14-17-15(18-21-14)13-7-2-3-8-16-13/h2-9H,10H2,1H3. The fraction of sp³-hybridized carbons (Fsp3) is 0.133. The molecule has 0 saturated heterocycles. The molecule has 2 aromatic heterocycles. The molecule has 21 heavy (non-hydrogen) atoms. The van der Waals surface area contributed by atoms with E-state index >= 15 is 0 Å². The highest BCUT2D eigenvalue weighted by Crippen LogP contribution is 2.20. The van der Waals surface area contributed by atoms with Crippen LogP contribution in [0.15, 0.2) is 53.2 Å². The van der Waals surface area contributed by atoms with E-state index in [1.807, 2.05) is 36.4 Å². The number of nitrogens with zero attached hydrogens (tertiary/aromatic N) is 3. The maximum absolute atomic E-state index is 5.59. The minimum absolute atomic E-state index is 0.188. The summed E-state index contributed by atoms with van der Waals surface area (Å²) in [6.07, 6.45) is 1.68. The van der Waals surface area contributed by atoms with Gasteiger partial charge in [0.1, 0.15) is 17.2 Å². The van der Waals surface area contributed by atoms with Crippen LogP contribution in [0.4, 0.5) is 0 Å². The molecule has 0 aliphatic rings. The molecule has 0 radical (unpaired) electrons. The molecule has 0 spiro atoms. The lowest BCUT2D eigenvalue weighted by Crippen LogP contribution is -1.96. The lowest BCUT2D eigenvalue weighted by atomic mass is 10.3. The number of benzene rings is 1. The molecule has 0 bridgehead atoms. The summed E-state index contributed by atoms with van der Waals surface area (Å²) in [4.78, 5) is 8.40. The van der Waals surface area contributed by atoms with E-state index in [-0.39, 0.29) is 6.61 Å². The number of rotatable bonds is 5. The van der Waals surface area contributed by atoms with Gasteiger partial charge >= 0.3 is 0 Å². The van der Waals surface area contributed by atoms with Gasteiger partial charge in [0.15, 0.2) is 6.61 Å². The van der Waals surface area contributed by atoms with Crippen LogP contribution in [0.2, 0.25) is 0 Å². The fourth-order valence-electron chi connectivity index (χ4n) is 1.75. The lowest BCUT2D eigenvalue weighted by Gasteiger charge is -2.04. The van der Waals surface area contributed by atoms with Crippen LogP contribution in [0, 0.1) is 0 Å². The second-order valence-electron chi connectivity index (χ2n) is 4.19. The Bertz CT molecular complexity index is 713. The van der Waals surface area contributed by atoms with Crippen molar-refractivity contribution in [2.45, 2.75) is 6.61 Å². The Hall–Kier alpha value is -2.89. The molecule has 0 N–H and O–H groups in total. The lowest BCUT2D eigenvalue weighted by molar-refractivity contribution is 0.242. The smallest absolute Gasteiger partial charge is 0.264 e. The highest BCUT2D eigenvalue weighted by molar-refractivity contribution is 5.47. The maximum Gasteiger partial charge on any atom is 0.264 e. The van der Waals surface area contributed by atoms with Crippen molar-refractivity contribution >= 4 is 0 Å². The molecule has 0 unspecified atom stereocenters. The minimum atomic E-state index is 0.188. The van der Waals surface area contributed by atoms with Gasteiger partial charge in [-0.3, -0.25) is 4.98 Å². The predicted octanol–water partition coefficient (Wildman–Crippen LogP) is 2.72. The normalized spacial score (nSPS) is 10.3. The molecular weight excluding hydrogens is 270 g/mol. The molecule has 3 aromatic rings.